The second kappa shape index (κ2) is 8.97. The highest BCUT2D eigenvalue weighted by Gasteiger charge is 2.35. The molecule has 0 spiro atoms. The number of benzene rings is 1. The van der Waals surface area contributed by atoms with Gasteiger partial charge in [-0.25, -0.2) is 4.39 Å². The second-order valence-corrected chi connectivity index (χ2v) is 7.14. The van der Waals surface area contributed by atoms with Crippen LogP contribution in [-0.2, 0) is 18.4 Å². The number of aryl methyl sites for hydroxylation is 1. The quantitative estimate of drug-likeness (QED) is 0.579. The first kappa shape index (κ1) is 19.3. The lowest BCUT2D eigenvalue weighted by Gasteiger charge is -2.31. The fourth-order valence-corrected chi connectivity index (χ4v) is 3.93. The van der Waals surface area contributed by atoms with E-state index in [-0.39, 0.29) is 11.2 Å². The van der Waals surface area contributed by atoms with E-state index < -0.39 is 0 Å². The van der Waals surface area contributed by atoms with Crippen LogP contribution in [0.2, 0.25) is 0 Å². The highest BCUT2D eigenvalue weighted by atomic mass is 19.1. The molecule has 1 heterocycles. The van der Waals surface area contributed by atoms with Gasteiger partial charge in [0.25, 0.3) is 0 Å². The molecule has 7 heteroatoms. The second-order valence-electron chi connectivity index (χ2n) is 7.14. The molecule has 1 fully saturated rings. The van der Waals surface area contributed by atoms with Gasteiger partial charge < -0.3 is 15.2 Å². The predicted molar refractivity (Wildman–Crippen MR) is 105 cm³/mol. The van der Waals surface area contributed by atoms with E-state index in [1.807, 2.05) is 12.1 Å². The third-order valence-corrected chi connectivity index (χ3v) is 5.49. The van der Waals surface area contributed by atoms with Crippen LogP contribution in [0.3, 0.4) is 0 Å². The van der Waals surface area contributed by atoms with Gasteiger partial charge in [-0.2, -0.15) is 0 Å². The molecule has 6 nitrogen and oxygen atoms in total. The normalized spacial score (nSPS) is 16.5. The van der Waals surface area contributed by atoms with Crippen LogP contribution in [0.1, 0.15) is 44.0 Å². The zero-order valence-corrected chi connectivity index (χ0v) is 16.2. The van der Waals surface area contributed by atoms with Crippen molar-refractivity contribution in [3.05, 3.63) is 47.8 Å². The molecule has 0 atom stereocenters. The number of aromatic nitrogens is 3. The minimum atomic E-state index is -0.183. The van der Waals surface area contributed by atoms with E-state index in [0.717, 1.165) is 50.7 Å². The van der Waals surface area contributed by atoms with Gasteiger partial charge in [0, 0.05) is 38.5 Å². The Bertz CT molecular complexity index is 746. The summed E-state index contributed by atoms with van der Waals surface area (Å²) < 4.78 is 15.4. The average molecular weight is 372 g/mol. The lowest BCUT2D eigenvalue weighted by atomic mass is 9.79. The van der Waals surface area contributed by atoms with Crippen LogP contribution in [0.4, 0.5) is 4.39 Å². The molecular weight excluding hydrogens is 343 g/mol. The molecule has 1 aromatic carbocycles. The molecular formula is C20H29FN6. The van der Waals surface area contributed by atoms with E-state index in [4.69, 9.17) is 0 Å². The number of rotatable bonds is 7. The molecule has 1 saturated carbocycles. The summed E-state index contributed by atoms with van der Waals surface area (Å²) in [5.74, 6) is 1.59. The van der Waals surface area contributed by atoms with Crippen LogP contribution in [0.25, 0.3) is 0 Å². The van der Waals surface area contributed by atoms with Gasteiger partial charge in [0.05, 0.1) is 0 Å². The van der Waals surface area contributed by atoms with Gasteiger partial charge in [-0.05, 0) is 30.5 Å². The van der Waals surface area contributed by atoms with E-state index >= 15 is 0 Å². The number of nitrogens with zero attached hydrogens (tertiary/aromatic N) is 4. The number of aliphatic imine (C=N–C) groups is 1. The van der Waals surface area contributed by atoms with Crippen molar-refractivity contribution in [2.75, 3.05) is 20.1 Å². The van der Waals surface area contributed by atoms with Crippen molar-refractivity contribution in [1.29, 1.82) is 0 Å². The van der Waals surface area contributed by atoms with Gasteiger partial charge >= 0.3 is 0 Å². The molecule has 0 saturated heterocycles. The Morgan fingerprint density at radius 2 is 1.96 bits per heavy atom. The van der Waals surface area contributed by atoms with Gasteiger partial charge in [-0.1, -0.05) is 31.9 Å². The standard InChI is InChI=1S/C20H29FN6/c1-3-18-26-25-15-27(18)13-12-23-19(22-2)24-14-20(10-4-5-11-20)16-6-8-17(21)9-7-16/h6-9,15H,3-5,10-14H2,1-2H3,(H2,22,23,24). The first-order valence-corrected chi connectivity index (χ1v) is 9.74. The Morgan fingerprint density at radius 3 is 2.63 bits per heavy atom. The van der Waals surface area contributed by atoms with Crippen LogP contribution in [0.15, 0.2) is 35.6 Å². The van der Waals surface area contributed by atoms with Crippen molar-refractivity contribution in [3.8, 4) is 0 Å². The Kier molecular flexibility index (Phi) is 6.42. The third-order valence-electron chi connectivity index (χ3n) is 5.49. The topological polar surface area (TPSA) is 67.1 Å². The van der Waals surface area contributed by atoms with Crippen molar-refractivity contribution in [2.45, 2.75) is 51.0 Å². The van der Waals surface area contributed by atoms with Gasteiger partial charge in [-0.15, -0.1) is 10.2 Å². The largest absolute Gasteiger partial charge is 0.356 e. The first-order valence-electron chi connectivity index (χ1n) is 9.74. The maximum absolute atomic E-state index is 13.3. The molecule has 146 valence electrons. The molecule has 0 unspecified atom stereocenters. The van der Waals surface area contributed by atoms with E-state index in [1.54, 1.807) is 25.5 Å². The molecule has 1 aromatic heterocycles. The Morgan fingerprint density at radius 1 is 1.22 bits per heavy atom. The van der Waals surface area contributed by atoms with Crippen LogP contribution in [0, 0.1) is 5.82 Å². The number of hydrogen-bond acceptors (Lipinski definition) is 3. The zero-order valence-electron chi connectivity index (χ0n) is 16.2. The first-order chi connectivity index (χ1) is 13.2. The number of halogens is 1. The Hall–Kier alpha value is -2.44. The summed E-state index contributed by atoms with van der Waals surface area (Å²) in [5.41, 5.74) is 1.26. The summed E-state index contributed by atoms with van der Waals surface area (Å²) >= 11 is 0. The molecule has 0 radical (unpaired) electrons. The van der Waals surface area contributed by atoms with Crippen LogP contribution in [0.5, 0.6) is 0 Å². The lowest BCUT2D eigenvalue weighted by Crippen LogP contribution is -2.45. The maximum atomic E-state index is 13.3. The SMILES string of the molecule is CCc1nncn1CCNC(=NC)NCC1(c2ccc(F)cc2)CCCC1. The Balaban J connectivity index is 1.56. The summed E-state index contributed by atoms with van der Waals surface area (Å²) in [5, 5.41) is 14.9. The van der Waals surface area contributed by atoms with Crippen LogP contribution >= 0.6 is 0 Å². The minimum absolute atomic E-state index is 0.0506. The van der Waals surface area contributed by atoms with Crippen molar-refractivity contribution < 1.29 is 4.39 Å². The molecule has 3 rings (SSSR count). The highest BCUT2D eigenvalue weighted by molar-refractivity contribution is 5.79. The van der Waals surface area contributed by atoms with Crippen LogP contribution < -0.4 is 10.6 Å². The van der Waals surface area contributed by atoms with Gasteiger partial charge in [0.15, 0.2) is 5.96 Å². The molecule has 2 N–H and O–H groups in total. The molecule has 1 aliphatic carbocycles. The summed E-state index contributed by atoms with van der Waals surface area (Å²) in [6.07, 6.45) is 7.27. The fraction of sp³-hybridized carbons (Fsp3) is 0.550. The van der Waals surface area contributed by atoms with Crippen molar-refractivity contribution in [2.24, 2.45) is 4.99 Å². The van der Waals surface area contributed by atoms with Crippen molar-refractivity contribution in [1.82, 2.24) is 25.4 Å². The monoisotopic (exact) mass is 372 g/mol. The number of hydrogen-bond donors (Lipinski definition) is 2. The van der Waals surface area contributed by atoms with Crippen molar-refractivity contribution >= 4 is 5.96 Å². The molecule has 1 aliphatic rings. The number of guanidine groups is 1. The number of nitrogens with one attached hydrogen (secondary N) is 2. The van der Waals surface area contributed by atoms with E-state index in [0.29, 0.717) is 0 Å². The lowest BCUT2D eigenvalue weighted by molar-refractivity contribution is 0.430. The fourth-order valence-electron chi connectivity index (χ4n) is 3.93. The zero-order chi connectivity index (χ0) is 19.1. The third kappa shape index (κ3) is 4.64. The van der Waals surface area contributed by atoms with Gasteiger partial charge in [-0.3, -0.25) is 4.99 Å². The molecule has 0 bridgehead atoms. The smallest absolute Gasteiger partial charge is 0.191 e. The van der Waals surface area contributed by atoms with E-state index in [9.17, 15) is 4.39 Å². The van der Waals surface area contributed by atoms with Crippen molar-refractivity contribution in [3.63, 3.8) is 0 Å². The summed E-state index contributed by atoms with van der Waals surface area (Å²) in [6, 6.07) is 6.98. The van der Waals surface area contributed by atoms with Gasteiger partial charge in [0.1, 0.15) is 18.0 Å². The highest BCUT2D eigenvalue weighted by Crippen LogP contribution is 2.40. The molecule has 0 aliphatic heterocycles. The summed E-state index contributed by atoms with van der Waals surface area (Å²) in [4.78, 5) is 4.34. The predicted octanol–water partition coefficient (Wildman–Crippen LogP) is 2.66. The molecule has 0 amide bonds. The maximum Gasteiger partial charge on any atom is 0.191 e. The summed E-state index contributed by atoms with van der Waals surface area (Å²) in [6.45, 7) is 4.41. The summed E-state index contributed by atoms with van der Waals surface area (Å²) in [7, 11) is 1.78. The minimum Gasteiger partial charge on any atom is -0.356 e. The van der Waals surface area contributed by atoms with Crippen LogP contribution in [-0.4, -0.2) is 40.9 Å². The Labute approximate surface area is 160 Å². The molecule has 2 aromatic rings. The van der Waals surface area contributed by atoms with E-state index in [1.165, 1.54) is 18.4 Å². The average Bonchev–Trinajstić information content (AvgIpc) is 3.35. The van der Waals surface area contributed by atoms with Gasteiger partial charge in [0.2, 0.25) is 0 Å². The van der Waals surface area contributed by atoms with E-state index in [2.05, 4.69) is 37.3 Å². The molecule has 27 heavy (non-hydrogen) atoms.